The van der Waals surface area contributed by atoms with Crippen molar-refractivity contribution in [2.24, 2.45) is 0 Å². The zero-order valence-corrected chi connectivity index (χ0v) is 11.6. The number of ether oxygens (including phenoxy) is 1. The molecule has 0 saturated carbocycles. The van der Waals surface area contributed by atoms with E-state index in [4.69, 9.17) is 4.74 Å². The lowest BCUT2D eigenvalue weighted by atomic mass is 10.2. The van der Waals surface area contributed by atoms with E-state index in [9.17, 15) is 13.2 Å². The minimum atomic E-state index is -3.22. The van der Waals surface area contributed by atoms with Crippen LogP contribution >= 0.6 is 0 Å². The Hall–Kier alpha value is -1.40. The summed E-state index contributed by atoms with van der Waals surface area (Å²) >= 11 is 0. The summed E-state index contributed by atoms with van der Waals surface area (Å²) in [6.07, 6.45) is 3.23. The van der Waals surface area contributed by atoms with Crippen LogP contribution in [0.3, 0.4) is 0 Å². The van der Waals surface area contributed by atoms with Crippen LogP contribution in [0.5, 0.6) is 0 Å². The molecule has 1 N–H and O–H groups in total. The SMILES string of the molecule is CS(=O)(=O)c1ccc(C(=O)NC[C@@H]2CCCO2)cc1. The Kier molecular flexibility index (Phi) is 4.21. The van der Waals surface area contributed by atoms with Crippen molar-refractivity contribution < 1.29 is 17.9 Å². The summed E-state index contributed by atoms with van der Waals surface area (Å²) in [7, 11) is -3.22. The molecule has 0 aromatic heterocycles. The molecule has 1 saturated heterocycles. The standard InChI is InChI=1S/C13H17NO4S/c1-19(16,17)12-6-4-10(5-7-12)13(15)14-9-11-3-2-8-18-11/h4-7,11H,2-3,8-9H2,1H3,(H,14,15)/t11-/m0/s1. The van der Waals surface area contributed by atoms with E-state index in [1.807, 2.05) is 0 Å². The van der Waals surface area contributed by atoms with Crippen LogP contribution in [-0.4, -0.2) is 39.8 Å². The van der Waals surface area contributed by atoms with E-state index in [0.29, 0.717) is 12.1 Å². The van der Waals surface area contributed by atoms with Crippen LogP contribution in [-0.2, 0) is 14.6 Å². The second-order valence-corrected chi connectivity index (χ2v) is 6.66. The van der Waals surface area contributed by atoms with Gasteiger partial charge in [0.1, 0.15) is 0 Å². The molecule has 6 heteroatoms. The first kappa shape index (κ1) is 14.0. The monoisotopic (exact) mass is 283 g/mol. The number of nitrogens with one attached hydrogen (secondary N) is 1. The zero-order valence-electron chi connectivity index (χ0n) is 10.8. The fraction of sp³-hybridized carbons (Fsp3) is 0.462. The number of hydrogen-bond acceptors (Lipinski definition) is 4. The highest BCUT2D eigenvalue weighted by molar-refractivity contribution is 7.90. The van der Waals surface area contributed by atoms with Gasteiger partial charge in [0.25, 0.3) is 5.91 Å². The van der Waals surface area contributed by atoms with Crippen molar-refractivity contribution in [3.63, 3.8) is 0 Å². The summed E-state index contributed by atoms with van der Waals surface area (Å²) in [4.78, 5) is 12.1. The van der Waals surface area contributed by atoms with Crippen LogP contribution in [0.2, 0.25) is 0 Å². The van der Waals surface area contributed by atoms with Gasteiger partial charge in [-0.25, -0.2) is 8.42 Å². The minimum absolute atomic E-state index is 0.0965. The van der Waals surface area contributed by atoms with Gasteiger partial charge in [-0.15, -0.1) is 0 Å². The maximum atomic E-state index is 11.8. The molecule has 0 bridgehead atoms. The van der Waals surface area contributed by atoms with Gasteiger partial charge >= 0.3 is 0 Å². The molecular formula is C13H17NO4S. The van der Waals surface area contributed by atoms with Gasteiger partial charge in [0, 0.05) is 25.0 Å². The van der Waals surface area contributed by atoms with E-state index in [0.717, 1.165) is 25.7 Å². The first-order chi connectivity index (χ1) is 8.97. The van der Waals surface area contributed by atoms with Crippen molar-refractivity contribution in [1.82, 2.24) is 5.32 Å². The van der Waals surface area contributed by atoms with Crippen LogP contribution in [0.15, 0.2) is 29.2 Å². The van der Waals surface area contributed by atoms with Crippen molar-refractivity contribution in [2.45, 2.75) is 23.8 Å². The number of rotatable bonds is 4. The van der Waals surface area contributed by atoms with Crippen molar-refractivity contribution in [1.29, 1.82) is 0 Å². The van der Waals surface area contributed by atoms with Crippen molar-refractivity contribution >= 4 is 15.7 Å². The largest absolute Gasteiger partial charge is 0.376 e. The number of amides is 1. The molecule has 1 aromatic carbocycles. The molecule has 1 heterocycles. The molecule has 104 valence electrons. The van der Waals surface area contributed by atoms with Crippen LogP contribution in [0.1, 0.15) is 23.2 Å². The van der Waals surface area contributed by atoms with Gasteiger partial charge in [-0.3, -0.25) is 4.79 Å². The third kappa shape index (κ3) is 3.78. The van der Waals surface area contributed by atoms with Crippen molar-refractivity contribution in [2.75, 3.05) is 19.4 Å². The fourth-order valence-corrected chi connectivity index (χ4v) is 2.60. The molecular weight excluding hydrogens is 266 g/mol. The Morgan fingerprint density at radius 2 is 2.05 bits per heavy atom. The number of sulfone groups is 1. The quantitative estimate of drug-likeness (QED) is 0.894. The lowest BCUT2D eigenvalue weighted by molar-refractivity contribution is 0.0857. The van der Waals surface area contributed by atoms with E-state index in [2.05, 4.69) is 5.32 Å². The number of carbonyl (C=O) groups excluding carboxylic acids is 1. The van der Waals surface area contributed by atoms with Gasteiger partial charge in [0.05, 0.1) is 11.0 Å². The minimum Gasteiger partial charge on any atom is -0.376 e. The number of carbonyl (C=O) groups is 1. The first-order valence-electron chi connectivity index (χ1n) is 6.17. The van der Waals surface area contributed by atoms with E-state index in [1.165, 1.54) is 24.3 Å². The van der Waals surface area contributed by atoms with Crippen LogP contribution in [0, 0.1) is 0 Å². The summed E-state index contributed by atoms with van der Waals surface area (Å²) in [5.74, 6) is -0.212. The molecule has 2 rings (SSSR count). The smallest absolute Gasteiger partial charge is 0.251 e. The third-order valence-electron chi connectivity index (χ3n) is 3.06. The molecule has 1 fully saturated rings. The molecule has 1 atom stereocenters. The highest BCUT2D eigenvalue weighted by Gasteiger charge is 2.16. The van der Waals surface area contributed by atoms with Crippen LogP contribution < -0.4 is 5.32 Å². The van der Waals surface area contributed by atoms with Gasteiger partial charge in [-0.05, 0) is 37.1 Å². The van der Waals surface area contributed by atoms with E-state index in [-0.39, 0.29) is 16.9 Å². The second kappa shape index (κ2) is 5.71. The van der Waals surface area contributed by atoms with E-state index in [1.54, 1.807) is 0 Å². The zero-order chi connectivity index (χ0) is 13.9. The molecule has 0 spiro atoms. The maximum absolute atomic E-state index is 11.8. The summed E-state index contributed by atoms with van der Waals surface area (Å²) in [6.45, 7) is 1.25. The van der Waals surface area contributed by atoms with Crippen molar-refractivity contribution in [3.8, 4) is 0 Å². The predicted molar refractivity (Wildman–Crippen MR) is 70.9 cm³/mol. The Labute approximate surface area is 112 Å². The van der Waals surface area contributed by atoms with Crippen molar-refractivity contribution in [3.05, 3.63) is 29.8 Å². The molecule has 1 aromatic rings. The van der Waals surface area contributed by atoms with Gasteiger partial charge in [0.2, 0.25) is 0 Å². The fourth-order valence-electron chi connectivity index (χ4n) is 1.97. The molecule has 1 aliphatic heterocycles. The van der Waals surface area contributed by atoms with Crippen LogP contribution in [0.4, 0.5) is 0 Å². The molecule has 1 aliphatic rings. The Balaban J connectivity index is 1.95. The molecule has 19 heavy (non-hydrogen) atoms. The van der Waals surface area contributed by atoms with Gasteiger partial charge in [0.15, 0.2) is 9.84 Å². The highest BCUT2D eigenvalue weighted by atomic mass is 32.2. The maximum Gasteiger partial charge on any atom is 0.251 e. The normalized spacial score (nSPS) is 19.3. The molecule has 0 aliphatic carbocycles. The summed E-state index contributed by atoms with van der Waals surface area (Å²) in [6, 6.07) is 5.91. The molecule has 0 unspecified atom stereocenters. The van der Waals surface area contributed by atoms with Gasteiger partial charge < -0.3 is 10.1 Å². The average Bonchev–Trinajstić information content (AvgIpc) is 2.88. The summed E-state index contributed by atoms with van der Waals surface area (Å²) in [5, 5.41) is 2.79. The molecule has 0 radical (unpaired) electrons. The molecule has 5 nitrogen and oxygen atoms in total. The van der Waals surface area contributed by atoms with E-state index < -0.39 is 9.84 Å². The first-order valence-corrected chi connectivity index (χ1v) is 8.06. The van der Waals surface area contributed by atoms with Gasteiger partial charge in [-0.2, -0.15) is 0 Å². The average molecular weight is 283 g/mol. The van der Waals surface area contributed by atoms with E-state index >= 15 is 0 Å². The lowest BCUT2D eigenvalue weighted by Crippen LogP contribution is -2.31. The number of hydrogen-bond donors (Lipinski definition) is 1. The highest BCUT2D eigenvalue weighted by Crippen LogP contribution is 2.12. The Bertz CT molecular complexity index is 545. The lowest BCUT2D eigenvalue weighted by Gasteiger charge is -2.10. The number of benzene rings is 1. The topological polar surface area (TPSA) is 72.5 Å². The molecule has 1 amide bonds. The summed E-state index contributed by atoms with van der Waals surface area (Å²) in [5.41, 5.74) is 0.449. The Morgan fingerprint density at radius 3 is 2.58 bits per heavy atom. The Morgan fingerprint density at radius 1 is 1.37 bits per heavy atom. The predicted octanol–water partition coefficient (Wildman–Crippen LogP) is 0.999. The van der Waals surface area contributed by atoms with Crippen LogP contribution in [0.25, 0.3) is 0 Å². The van der Waals surface area contributed by atoms with Gasteiger partial charge in [-0.1, -0.05) is 0 Å². The summed E-state index contributed by atoms with van der Waals surface area (Å²) < 4.78 is 28.0. The third-order valence-corrected chi connectivity index (χ3v) is 4.19. The second-order valence-electron chi connectivity index (χ2n) is 4.64.